The van der Waals surface area contributed by atoms with Crippen LogP contribution in [-0.4, -0.2) is 41.9 Å². The quantitative estimate of drug-likeness (QED) is 0.688. The number of halogens is 1. The summed E-state index contributed by atoms with van der Waals surface area (Å²) in [5, 5.41) is 3.12. The van der Waals surface area contributed by atoms with Gasteiger partial charge in [0, 0.05) is 10.6 Å². The third-order valence-electron chi connectivity index (χ3n) is 3.00. The van der Waals surface area contributed by atoms with Gasteiger partial charge in [-0.3, -0.25) is 9.59 Å². The second-order valence-corrected chi connectivity index (χ2v) is 6.22. The molecular formula is C15H19ClN2O4S. The van der Waals surface area contributed by atoms with E-state index in [0.29, 0.717) is 22.8 Å². The summed E-state index contributed by atoms with van der Waals surface area (Å²) in [5.41, 5.74) is 5.45. The topological polar surface area (TPSA) is 98.5 Å². The SMILES string of the molecule is CSCC[C@@H](NC(=O)c1ccc(Cl)cc1)C(=O)O[C@H](C)C(N)=O. The first-order valence-corrected chi connectivity index (χ1v) is 8.67. The van der Waals surface area contributed by atoms with E-state index in [2.05, 4.69) is 5.32 Å². The van der Waals surface area contributed by atoms with Crippen LogP contribution in [0.1, 0.15) is 23.7 Å². The van der Waals surface area contributed by atoms with Crippen LogP contribution >= 0.6 is 23.4 Å². The molecule has 1 aromatic carbocycles. The molecular weight excluding hydrogens is 340 g/mol. The number of esters is 1. The predicted molar refractivity (Wildman–Crippen MR) is 90.5 cm³/mol. The molecule has 0 spiro atoms. The lowest BCUT2D eigenvalue weighted by Gasteiger charge is -2.19. The van der Waals surface area contributed by atoms with Gasteiger partial charge in [-0.15, -0.1) is 0 Å². The van der Waals surface area contributed by atoms with Gasteiger partial charge in [-0.25, -0.2) is 4.79 Å². The molecule has 1 aromatic rings. The lowest BCUT2D eigenvalue weighted by Crippen LogP contribution is -2.44. The van der Waals surface area contributed by atoms with Gasteiger partial charge in [-0.05, 0) is 49.6 Å². The Morgan fingerprint density at radius 3 is 2.43 bits per heavy atom. The third kappa shape index (κ3) is 6.50. The number of carbonyl (C=O) groups is 3. The molecule has 0 saturated carbocycles. The third-order valence-corrected chi connectivity index (χ3v) is 3.90. The maximum atomic E-state index is 12.2. The van der Waals surface area contributed by atoms with Crippen LogP contribution in [0.5, 0.6) is 0 Å². The summed E-state index contributed by atoms with van der Waals surface area (Å²) in [6, 6.07) is 5.43. The lowest BCUT2D eigenvalue weighted by molar-refractivity contribution is -0.155. The number of nitrogens with one attached hydrogen (secondary N) is 1. The van der Waals surface area contributed by atoms with Gasteiger partial charge in [0.1, 0.15) is 6.04 Å². The van der Waals surface area contributed by atoms with Crippen molar-refractivity contribution in [1.29, 1.82) is 0 Å². The Labute approximate surface area is 144 Å². The fourth-order valence-electron chi connectivity index (χ4n) is 1.64. The van der Waals surface area contributed by atoms with Crippen LogP contribution in [-0.2, 0) is 14.3 Å². The average molecular weight is 359 g/mol. The van der Waals surface area contributed by atoms with Crippen molar-refractivity contribution in [2.45, 2.75) is 25.5 Å². The number of carbonyl (C=O) groups excluding carboxylic acids is 3. The molecule has 126 valence electrons. The van der Waals surface area contributed by atoms with Gasteiger partial charge in [0.25, 0.3) is 11.8 Å². The van der Waals surface area contributed by atoms with E-state index in [1.165, 1.54) is 18.7 Å². The van der Waals surface area contributed by atoms with Gasteiger partial charge in [0.2, 0.25) is 0 Å². The number of amides is 2. The Hall–Kier alpha value is -1.73. The van der Waals surface area contributed by atoms with Crippen LogP contribution in [0.4, 0.5) is 0 Å². The Balaban J connectivity index is 2.76. The van der Waals surface area contributed by atoms with Crippen LogP contribution < -0.4 is 11.1 Å². The fourth-order valence-corrected chi connectivity index (χ4v) is 2.24. The molecule has 8 heteroatoms. The number of hydrogen-bond donors (Lipinski definition) is 2. The highest BCUT2D eigenvalue weighted by atomic mass is 35.5. The number of thioether (sulfide) groups is 1. The Morgan fingerprint density at radius 1 is 1.30 bits per heavy atom. The minimum absolute atomic E-state index is 0.374. The zero-order valence-electron chi connectivity index (χ0n) is 12.9. The fraction of sp³-hybridized carbons (Fsp3) is 0.400. The van der Waals surface area contributed by atoms with Gasteiger partial charge in [0.15, 0.2) is 6.10 Å². The molecule has 6 nitrogen and oxygen atoms in total. The molecule has 0 fully saturated rings. The Kier molecular flexibility index (Phi) is 7.91. The van der Waals surface area contributed by atoms with Crippen molar-refractivity contribution in [3.63, 3.8) is 0 Å². The van der Waals surface area contributed by atoms with E-state index in [-0.39, 0.29) is 0 Å². The summed E-state index contributed by atoms with van der Waals surface area (Å²) in [7, 11) is 0. The first-order valence-electron chi connectivity index (χ1n) is 6.90. The minimum atomic E-state index is -1.05. The molecule has 0 saturated heterocycles. The number of hydrogen-bond acceptors (Lipinski definition) is 5. The standard InChI is InChI=1S/C15H19ClN2O4S/c1-9(13(17)19)22-15(21)12(7-8-23-2)18-14(20)10-3-5-11(16)6-4-10/h3-6,9,12H,7-8H2,1-2H3,(H2,17,19)(H,18,20)/t9-,12-/m1/s1. The zero-order valence-corrected chi connectivity index (χ0v) is 14.4. The molecule has 0 aliphatic carbocycles. The molecule has 2 amide bonds. The molecule has 1 rings (SSSR count). The number of nitrogens with two attached hydrogens (primary N) is 1. The first-order chi connectivity index (χ1) is 10.8. The Morgan fingerprint density at radius 2 is 1.91 bits per heavy atom. The highest BCUT2D eigenvalue weighted by molar-refractivity contribution is 7.98. The van der Waals surface area contributed by atoms with E-state index < -0.39 is 29.9 Å². The largest absolute Gasteiger partial charge is 0.451 e. The van der Waals surface area contributed by atoms with E-state index in [9.17, 15) is 14.4 Å². The van der Waals surface area contributed by atoms with E-state index in [1.54, 1.807) is 24.3 Å². The normalized spacial score (nSPS) is 13.0. The minimum Gasteiger partial charge on any atom is -0.451 e. The molecule has 0 aliphatic heterocycles. The average Bonchev–Trinajstić information content (AvgIpc) is 2.51. The van der Waals surface area contributed by atoms with Gasteiger partial charge in [-0.2, -0.15) is 11.8 Å². The van der Waals surface area contributed by atoms with E-state index in [1.807, 2.05) is 6.26 Å². The summed E-state index contributed by atoms with van der Waals surface area (Å²) < 4.78 is 4.97. The van der Waals surface area contributed by atoms with Crippen molar-refractivity contribution in [1.82, 2.24) is 5.32 Å². The van der Waals surface area contributed by atoms with Gasteiger partial charge in [-0.1, -0.05) is 11.6 Å². The number of ether oxygens (including phenoxy) is 1. The monoisotopic (exact) mass is 358 g/mol. The summed E-state index contributed by atoms with van der Waals surface area (Å²) in [6.45, 7) is 1.38. The Bertz CT molecular complexity index is 565. The molecule has 0 heterocycles. The molecule has 0 radical (unpaired) electrons. The molecule has 0 aromatic heterocycles. The van der Waals surface area contributed by atoms with Crippen molar-refractivity contribution < 1.29 is 19.1 Å². The van der Waals surface area contributed by atoms with Crippen molar-refractivity contribution in [3.05, 3.63) is 34.9 Å². The maximum Gasteiger partial charge on any atom is 0.329 e. The smallest absolute Gasteiger partial charge is 0.329 e. The van der Waals surface area contributed by atoms with Crippen molar-refractivity contribution in [2.24, 2.45) is 5.73 Å². The molecule has 3 N–H and O–H groups in total. The second kappa shape index (κ2) is 9.42. The highest BCUT2D eigenvalue weighted by Crippen LogP contribution is 2.11. The summed E-state index contributed by atoms with van der Waals surface area (Å²) in [6.07, 6.45) is 1.21. The van der Waals surface area contributed by atoms with Gasteiger partial charge >= 0.3 is 5.97 Å². The maximum absolute atomic E-state index is 12.2. The van der Waals surface area contributed by atoms with Crippen LogP contribution in [0.25, 0.3) is 0 Å². The van der Waals surface area contributed by atoms with Crippen LogP contribution in [0.15, 0.2) is 24.3 Å². The molecule has 0 bridgehead atoms. The van der Waals surface area contributed by atoms with Gasteiger partial charge < -0.3 is 15.8 Å². The summed E-state index contributed by atoms with van der Waals surface area (Å²) in [4.78, 5) is 35.3. The second-order valence-electron chi connectivity index (χ2n) is 4.80. The van der Waals surface area contributed by atoms with E-state index >= 15 is 0 Å². The highest BCUT2D eigenvalue weighted by Gasteiger charge is 2.25. The summed E-state index contributed by atoms with van der Waals surface area (Å²) in [5.74, 6) is -1.21. The van der Waals surface area contributed by atoms with E-state index in [0.717, 1.165) is 0 Å². The molecule has 2 atom stereocenters. The number of rotatable bonds is 8. The van der Waals surface area contributed by atoms with Crippen molar-refractivity contribution >= 4 is 41.1 Å². The van der Waals surface area contributed by atoms with Crippen LogP contribution in [0.2, 0.25) is 5.02 Å². The molecule has 0 aliphatic rings. The zero-order chi connectivity index (χ0) is 17.4. The lowest BCUT2D eigenvalue weighted by atomic mass is 10.1. The van der Waals surface area contributed by atoms with Crippen LogP contribution in [0.3, 0.4) is 0 Å². The first kappa shape index (κ1) is 19.3. The molecule has 23 heavy (non-hydrogen) atoms. The van der Waals surface area contributed by atoms with Crippen molar-refractivity contribution in [2.75, 3.05) is 12.0 Å². The number of primary amides is 1. The van der Waals surface area contributed by atoms with E-state index in [4.69, 9.17) is 22.1 Å². The predicted octanol–water partition coefficient (Wildman–Crippen LogP) is 1.61. The van der Waals surface area contributed by atoms with Crippen LogP contribution in [0, 0.1) is 0 Å². The van der Waals surface area contributed by atoms with Crippen molar-refractivity contribution in [3.8, 4) is 0 Å². The number of benzene rings is 1. The molecule has 0 unspecified atom stereocenters. The van der Waals surface area contributed by atoms with Gasteiger partial charge in [0.05, 0.1) is 0 Å². The summed E-state index contributed by atoms with van der Waals surface area (Å²) >= 11 is 7.30.